The molecule has 0 aromatic carbocycles. The number of carbonyl (C=O) groups excluding carboxylic acids is 1. The van der Waals surface area contributed by atoms with Crippen LogP contribution in [0, 0.1) is 5.92 Å². The molecule has 0 bridgehead atoms. The Bertz CT molecular complexity index is 546. The van der Waals surface area contributed by atoms with Crippen LogP contribution in [0.2, 0.25) is 0 Å². The third-order valence-corrected chi connectivity index (χ3v) is 6.01. The molecule has 23 heavy (non-hydrogen) atoms. The van der Waals surface area contributed by atoms with Crippen LogP contribution in [0.5, 0.6) is 0 Å². The monoisotopic (exact) mass is 335 g/mol. The molecule has 3 fully saturated rings. The van der Waals surface area contributed by atoms with Crippen molar-refractivity contribution >= 4 is 22.6 Å². The molecule has 7 heteroatoms. The largest absolute Gasteiger partial charge is 0.355 e. The van der Waals surface area contributed by atoms with E-state index in [1.165, 1.54) is 19.3 Å². The number of carbonyl (C=O) groups is 1. The van der Waals surface area contributed by atoms with Gasteiger partial charge in [0.2, 0.25) is 11.0 Å². The highest BCUT2D eigenvalue weighted by Crippen LogP contribution is 2.39. The molecular formula is C16H25N5OS. The Morgan fingerprint density at radius 1 is 1.17 bits per heavy atom. The minimum absolute atomic E-state index is 0.261. The van der Waals surface area contributed by atoms with Crippen molar-refractivity contribution in [2.75, 3.05) is 44.2 Å². The molecule has 0 atom stereocenters. The Labute approximate surface area is 141 Å². The molecule has 0 unspecified atom stereocenters. The molecule has 4 rings (SSSR count). The zero-order chi connectivity index (χ0) is 15.6. The number of anilines is 1. The third kappa shape index (κ3) is 3.66. The second-order valence-electron chi connectivity index (χ2n) is 6.96. The van der Waals surface area contributed by atoms with Crippen molar-refractivity contribution in [1.29, 1.82) is 0 Å². The summed E-state index contributed by atoms with van der Waals surface area (Å²) in [5.74, 6) is 2.26. The van der Waals surface area contributed by atoms with Crippen LogP contribution < -0.4 is 10.2 Å². The van der Waals surface area contributed by atoms with E-state index < -0.39 is 0 Å². The van der Waals surface area contributed by atoms with Crippen molar-refractivity contribution in [2.45, 2.75) is 38.0 Å². The second-order valence-corrected chi connectivity index (χ2v) is 7.69. The molecule has 6 nitrogen and oxygen atoms in total. The van der Waals surface area contributed by atoms with E-state index in [9.17, 15) is 4.79 Å². The second kappa shape index (κ2) is 6.73. The van der Waals surface area contributed by atoms with Crippen molar-refractivity contribution in [3.8, 4) is 0 Å². The maximum atomic E-state index is 11.8. The highest BCUT2D eigenvalue weighted by atomic mass is 32.1. The Morgan fingerprint density at radius 2 is 1.96 bits per heavy atom. The fourth-order valence-corrected chi connectivity index (χ4v) is 3.97. The Hall–Kier alpha value is -1.21. The summed E-state index contributed by atoms with van der Waals surface area (Å²) in [7, 11) is 0. The third-order valence-electron chi connectivity index (χ3n) is 5.22. The van der Waals surface area contributed by atoms with Gasteiger partial charge in [-0.15, -0.1) is 0 Å². The summed E-state index contributed by atoms with van der Waals surface area (Å²) >= 11 is 1.55. The minimum Gasteiger partial charge on any atom is -0.355 e. The van der Waals surface area contributed by atoms with Gasteiger partial charge in [-0.25, -0.2) is 4.98 Å². The van der Waals surface area contributed by atoms with Crippen LogP contribution >= 0.6 is 11.5 Å². The lowest BCUT2D eigenvalue weighted by molar-refractivity contribution is -0.127. The predicted octanol–water partition coefficient (Wildman–Crippen LogP) is 1.45. The number of aromatic nitrogens is 2. The summed E-state index contributed by atoms with van der Waals surface area (Å²) in [6, 6.07) is 0. The molecule has 0 radical (unpaired) electrons. The fourth-order valence-electron chi connectivity index (χ4n) is 3.18. The SMILES string of the molecule is O=C(NCCN1CCN(c2nc(C3CC3)ns2)CC1)C1CCC1. The number of nitrogens with one attached hydrogen (secondary N) is 1. The molecule has 1 N–H and O–H groups in total. The zero-order valence-corrected chi connectivity index (χ0v) is 14.4. The molecule has 2 saturated carbocycles. The van der Waals surface area contributed by atoms with Gasteiger partial charge in [-0.3, -0.25) is 9.69 Å². The molecule has 1 amide bonds. The van der Waals surface area contributed by atoms with Gasteiger partial charge in [0.1, 0.15) is 5.82 Å². The van der Waals surface area contributed by atoms with Gasteiger partial charge in [-0.1, -0.05) is 6.42 Å². The van der Waals surface area contributed by atoms with Gasteiger partial charge in [-0.05, 0) is 25.7 Å². The minimum atomic E-state index is 0.261. The average molecular weight is 335 g/mol. The smallest absolute Gasteiger partial charge is 0.223 e. The van der Waals surface area contributed by atoms with E-state index in [1.807, 2.05) is 0 Å². The summed E-state index contributed by atoms with van der Waals surface area (Å²) < 4.78 is 4.50. The summed E-state index contributed by atoms with van der Waals surface area (Å²) in [6.45, 7) is 5.83. The topological polar surface area (TPSA) is 61.4 Å². The van der Waals surface area contributed by atoms with Crippen LogP contribution in [-0.4, -0.2) is 59.4 Å². The molecule has 1 saturated heterocycles. The Morgan fingerprint density at radius 3 is 2.61 bits per heavy atom. The normalized spacial score (nSPS) is 22.9. The van der Waals surface area contributed by atoms with Crippen LogP contribution in [0.15, 0.2) is 0 Å². The van der Waals surface area contributed by atoms with E-state index >= 15 is 0 Å². The lowest BCUT2D eigenvalue weighted by atomic mass is 9.85. The van der Waals surface area contributed by atoms with Crippen LogP contribution in [-0.2, 0) is 4.79 Å². The van der Waals surface area contributed by atoms with E-state index in [0.717, 1.165) is 63.1 Å². The molecule has 1 aliphatic heterocycles. The van der Waals surface area contributed by atoms with Crippen LogP contribution in [0.1, 0.15) is 43.8 Å². The lowest BCUT2D eigenvalue weighted by Crippen LogP contribution is -2.49. The van der Waals surface area contributed by atoms with E-state index in [4.69, 9.17) is 4.98 Å². The van der Waals surface area contributed by atoms with Gasteiger partial charge in [0.25, 0.3) is 0 Å². The summed E-state index contributed by atoms with van der Waals surface area (Å²) in [5.41, 5.74) is 0. The van der Waals surface area contributed by atoms with Crippen molar-refractivity contribution in [3.05, 3.63) is 5.82 Å². The van der Waals surface area contributed by atoms with Crippen LogP contribution in [0.25, 0.3) is 0 Å². The van der Waals surface area contributed by atoms with Crippen molar-refractivity contribution < 1.29 is 4.79 Å². The fraction of sp³-hybridized carbons (Fsp3) is 0.812. The van der Waals surface area contributed by atoms with Crippen molar-refractivity contribution in [3.63, 3.8) is 0 Å². The number of nitrogens with zero attached hydrogens (tertiary/aromatic N) is 4. The summed E-state index contributed by atoms with van der Waals surface area (Å²) in [6.07, 6.45) is 5.89. The van der Waals surface area contributed by atoms with Gasteiger partial charge in [0.15, 0.2) is 0 Å². The summed E-state index contributed by atoms with van der Waals surface area (Å²) in [4.78, 5) is 21.3. The van der Waals surface area contributed by atoms with Gasteiger partial charge >= 0.3 is 0 Å². The lowest BCUT2D eigenvalue weighted by Gasteiger charge is -2.34. The van der Waals surface area contributed by atoms with Gasteiger partial charge in [-0.2, -0.15) is 4.37 Å². The maximum absolute atomic E-state index is 11.8. The first kappa shape index (κ1) is 15.3. The van der Waals surface area contributed by atoms with Gasteiger partial charge in [0.05, 0.1) is 0 Å². The van der Waals surface area contributed by atoms with E-state index in [-0.39, 0.29) is 5.91 Å². The van der Waals surface area contributed by atoms with Crippen LogP contribution in [0.4, 0.5) is 5.13 Å². The number of rotatable bonds is 6. The summed E-state index contributed by atoms with van der Waals surface area (Å²) in [5, 5.41) is 4.17. The molecule has 2 aliphatic carbocycles. The van der Waals surface area contributed by atoms with Crippen molar-refractivity contribution in [1.82, 2.24) is 19.6 Å². The average Bonchev–Trinajstić information content (AvgIpc) is 3.24. The first-order valence-electron chi connectivity index (χ1n) is 8.88. The molecule has 3 aliphatic rings. The Kier molecular flexibility index (Phi) is 4.48. The van der Waals surface area contributed by atoms with E-state index in [2.05, 4.69) is 19.5 Å². The Balaban J connectivity index is 1.17. The number of hydrogen-bond acceptors (Lipinski definition) is 6. The highest BCUT2D eigenvalue weighted by molar-refractivity contribution is 7.09. The van der Waals surface area contributed by atoms with E-state index in [0.29, 0.717) is 11.8 Å². The van der Waals surface area contributed by atoms with Gasteiger partial charge < -0.3 is 10.2 Å². The zero-order valence-electron chi connectivity index (χ0n) is 13.5. The van der Waals surface area contributed by atoms with Gasteiger partial charge in [0, 0.05) is 62.6 Å². The number of amides is 1. The predicted molar refractivity (Wildman–Crippen MR) is 90.9 cm³/mol. The van der Waals surface area contributed by atoms with E-state index in [1.54, 1.807) is 11.5 Å². The van der Waals surface area contributed by atoms with Crippen LogP contribution in [0.3, 0.4) is 0 Å². The molecule has 0 spiro atoms. The first-order valence-corrected chi connectivity index (χ1v) is 9.65. The standard InChI is InChI=1S/C16H25N5OS/c22-15(13-2-1-3-13)17-6-7-20-8-10-21(11-9-20)16-18-14(19-23-16)12-4-5-12/h12-13H,1-11H2,(H,17,22). The molecule has 1 aromatic rings. The maximum Gasteiger partial charge on any atom is 0.223 e. The molecular weight excluding hydrogens is 310 g/mol. The molecule has 126 valence electrons. The number of hydrogen-bond donors (Lipinski definition) is 1. The number of piperazine rings is 1. The molecule has 1 aromatic heterocycles. The highest BCUT2D eigenvalue weighted by Gasteiger charge is 2.29. The first-order chi connectivity index (χ1) is 11.3. The molecule has 2 heterocycles. The quantitative estimate of drug-likeness (QED) is 0.853. The van der Waals surface area contributed by atoms with Crippen molar-refractivity contribution in [2.24, 2.45) is 5.92 Å².